The molecule has 3 rings (SSSR count). The molecule has 2 N–H and O–H groups in total. The summed E-state index contributed by atoms with van der Waals surface area (Å²) < 4.78 is 32.7. The minimum absolute atomic E-state index is 0.121. The van der Waals surface area contributed by atoms with Crippen LogP contribution in [0.2, 0.25) is 0 Å². The van der Waals surface area contributed by atoms with E-state index in [1.54, 1.807) is 18.2 Å². The van der Waals surface area contributed by atoms with Crippen LogP contribution in [0.4, 0.5) is 14.6 Å². The molecular formula is C15H9BrF2N2O. The maximum atomic E-state index is 14.2. The number of rotatable bonds is 2. The molecule has 106 valence electrons. The highest BCUT2D eigenvalue weighted by atomic mass is 79.9. The van der Waals surface area contributed by atoms with Crippen LogP contribution in [0.25, 0.3) is 22.5 Å². The molecule has 1 aromatic heterocycles. The molecule has 0 saturated heterocycles. The normalized spacial score (nSPS) is 10.8. The molecule has 0 aliphatic heterocycles. The van der Waals surface area contributed by atoms with Gasteiger partial charge in [0.15, 0.2) is 11.6 Å². The molecule has 3 nitrogen and oxygen atoms in total. The van der Waals surface area contributed by atoms with E-state index in [0.29, 0.717) is 15.6 Å². The maximum Gasteiger partial charge on any atom is 0.179 e. The lowest BCUT2D eigenvalue weighted by Gasteiger charge is -2.05. The van der Waals surface area contributed by atoms with Crippen LogP contribution in [0.15, 0.2) is 51.5 Å². The van der Waals surface area contributed by atoms with Gasteiger partial charge in [-0.05, 0) is 45.8 Å². The summed E-state index contributed by atoms with van der Waals surface area (Å²) in [4.78, 5) is 0. The fourth-order valence-electron chi connectivity index (χ4n) is 2.06. The lowest BCUT2D eigenvalue weighted by molar-refractivity contribution is 0.433. The van der Waals surface area contributed by atoms with Gasteiger partial charge in [0.1, 0.15) is 11.6 Å². The van der Waals surface area contributed by atoms with Crippen LogP contribution in [0.5, 0.6) is 0 Å². The zero-order chi connectivity index (χ0) is 15.0. The fourth-order valence-corrected chi connectivity index (χ4v) is 2.43. The Morgan fingerprint density at radius 1 is 1.05 bits per heavy atom. The molecule has 0 amide bonds. The molecule has 0 aliphatic carbocycles. The van der Waals surface area contributed by atoms with Gasteiger partial charge in [0, 0.05) is 0 Å². The summed E-state index contributed by atoms with van der Waals surface area (Å²) in [6.45, 7) is 0. The van der Waals surface area contributed by atoms with E-state index in [0.717, 1.165) is 0 Å². The first-order valence-corrected chi connectivity index (χ1v) is 6.82. The predicted molar refractivity (Wildman–Crippen MR) is 79.4 cm³/mol. The van der Waals surface area contributed by atoms with E-state index in [4.69, 9.17) is 10.3 Å². The number of halogens is 3. The first-order valence-electron chi connectivity index (χ1n) is 6.03. The molecule has 21 heavy (non-hydrogen) atoms. The van der Waals surface area contributed by atoms with Gasteiger partial charge in [-0.15, -0.1) is 0 Å². The summed E-state index contributed by atoms with van der Waals surface area (Å²) in [7, 11) is 0. The SMILES string of the molecule is Nc1noc(-c2cccc(Br)c2F)c1-c1ccc(F)cc1. The van der Waals surface area contributed by atoms with Crippen molar-refractivity contribution in [2.24, 2.45) is 0 Å². The highest BCUT2D eigenvalue weighted by Crippen LogP contribution is 2.38. The number of hydrogen-bond donors (Lipinski definition) is 1. The smallest absolute Gasteiger partial charge is 0.179 e. The van der Waals surface area contributed by atoms with E-state index in [9.17, 15) is 8.78 Å². The minimum atomic E-state index is -0.475. The lowest BCUT2D eigenvalue weighted by Crippen LogP contribution is -1.91. The lowest BCUT2D eigenvalue weighted by atomic mass is 10.0. The molecule has 0 fully saturated rings. The number of benzene rings is 2. The van der Waals surface area contributed by atoms with Crippen molar-refractivity contribution in [1.29, 1.82) is 0 Å². The van der Waals surface area contributed by atoms with Gasteiger partial charge < -0.3 is 10.3 Å². The van der Waals surface area contributed by atoms with E-state index >= 15 is 0 Å². The third-order valence-electron chi connectivity index (χ3n) is 3.05. The van der Waals surface area contributed by atoms with Crippen molar-refractivity contribution >= 4 is 21.7 Å². The first kappa shape index (κ1) is 13.8. The van der Waals surface area contributed by atoms with Gasteiger partial charge in [0.05, 0.1) is 15.6 Å². The Morgan fingerprint density at radius 3 is 2.48 bits per heavy atom. The molecule has 0 saturated carbocycles. The molecule has 0 bridgehead atoms. The first-order chi connectivity index (χ1) is 10.1. The van der Waals surface area contributed by atoms with Crippen molar-refractivity contribution < 1.29 is 13.3 Å². The minimum Gasteiger partial charge on any atom is -0.380 e. The Bertz CT molecular complexity index is 800. The third kappa shape index (κ3) is 2.42. The number of nitrogens with zero attached hydrogens (tertiary/aromatic N) is 1. The number of hydrogen-bond acceptors (Lipinski definition) is 3. The molecule has 0 spiro atoms. The Kier molecular flexibility index (Phi) is 3.47. The van der Waals surface area contributed by atoms with Crippen LogP contribution in [0.1, 0.15) is 0 Å². The van der Waals surface area contributed by atoms with Crippen molar-refractivity contribution in [3.05, 3.63) is 58.6 Å². The zero-order valence-electron chi connectivity index (χ0n) is 10.6. The standard InChI is InChI=1S/C15H9BrF2N2O/c16-11-3-1-2-10(13(11)18)14-12(15(19)20-21-14)8-4-6-9(17)7-5-8/h1-7H,(H2,19,20). The molecule has 0 radical (unpaired) electrons. The topological polar surface area (TPSA) is 52.0 Å². The second-order valence-corrected chi connectivity index (χ2v) is 5.23. The second kappa shape index (κ2) is 5.29. The van der Waals surface area contributed by atoms with E-state index < -0.39 is 5.82 Å². The largest absolute Gasteiger partial charge is 0.380 e. The second-order valence-electron chi connectivity index (χ2n) is 4.38. The Balaban J connectivity index is 2.22. The number of anilines is 1. The summed E-state index contributed by atoms with van der Waals surface area (Å²) in [6, 6.07) is 10.5. The molecule has 3 aromatic rings. The molecule has 1 heterocycles. The van der Waals surface area contributed by atoms with Crippen LogP contribution < -0.4 is 5.73 Å². The Hall–Kier alpha value is -2.21. The van der Waals surface area contributed by atoms with Gasteiger partial charge in [0.2, 0.25) is 0 Å². The molecule has 0 atom stereocenters. The quantitative estimate of drug-likeness (QED) is 0.732. The molecular weight excluding hydrogens is 342 g/mol. The van der Waals surface area contributed by atoms with E-state index in [1.807, 2.05) is 0 Å². The molecule has 0 unspecified atom stereocenters. The van der Waals surface area contributed by atoms with E-state index in [2.05, 4.69) is 21.1 Å². The van der Waals surface area contributed by atoms with Gasteiger partial charge >= 0.3 is 0 Å². The number of nitrogen functional groups attached to an aromatic ring is 1. The molecule has 2 aromatic carbocycles. The van der Waals surface area contributed by atoms with Crippen LogP contribution in [0, 0.1) is 11.6 Å². The summed E-state index contributed by atoms with van der Waals surface area (Å²) in [5.74, 6) is -0.519. The van der Waals surface area contributed by atoms with Gasteiger partial charge in [-0.3, -0.25) is 0 Å². The maximum absolute atomic E-state index is 14.2. The van der Waals surface area contributed by atoms with Gasteiger partial charge in [-0.25, -0.2) is 8.78 Å². The van der Waals surface area contributed by atoms with Crippen LogP contribution >= 0.6 is 15.9 Å². The average Bonchev–Trinajstić information content (AvgIpc) is 2.85. The fraction of sp³-hybridized carbons (Fsp3) is 0. The van der Waals surface area contributed by atoms with Crippen molar-refractivity contribution in [3.63, 3.8) is 0 Å². The number of aromatic nitrogens is 1. The van der Waals surface area contributed by atoms with Crippen molar-refractivity contribution in [2.75, 3.05) is 5.73 Å². The summed E-state index contributed by atoms with van der Waals surface area (Å²) in [5, 5.41) is 3.69. The van der Waals surface area contributed by atoms with E-state index in [-0.39, 0.29) is 23.0 Å². The van der Waals surface area contributed by atoms with Crippen LogP contribution in [-0.4, -0.2) is 5.16 Å². The van der Waals surface area contributed by atoms with Crippen LogP contribution in [0.3, 0.4) is 0 Å². The highest BCUT2D eigenvalue weighted by Gasteiger charge is 2.21. The summed E-state index contributed by atoms with van der Waals surface area (Å²) >= 11 is 3.12. The predicted octanol–water partition coefficient (Wildman–Crippen LogP) is 4.63. The Labute approximate surface area is 127 Å². The monoisotopic (exact) mass is 350 g/mol. The third-order valence-corrected chi connectivity index (χ3v) is 3.66. The molecule has 0 aliphatic rings. The summed E-state index contributed by atoms with van der Waals surface area (Å²) in [5.41, 5.74) is 7.07. The number of nitrogens with two attached hydrogens (primary N) is 1. The molecule has 6 heteroatoms. The zero-order valence-corrected chi connectivity index (χ0v) is 12.2. The van der Waals surface area contributed by atoms with Crippen molar-refractivity contribution in [1.82, 2.24) is 5.16 Å². The van der Waals surface area contributed by atoms with Gasteiger partial charge in [-0.2, -0.15) is 0 Å². The Morgan fingerprint density at radius 2 is 1.76 bits per heavy atom. The van der Waals surface area contributed by atoms with Crippen molar-refractivity contribution in [2.45, 2.75) is 0 Å². The summed E-state index contributed by atoms with van der Waals surface area (Å²) in [6.07, 6.45) is 0. The van der Waals surface area contributed by atoms with E-state index in [1.165, 1.54) is 24.3 Å². The van der Waals surface area contributed by atoms with Crippen LogP contribution in [-0.2, 0) is 0 Å². The average molecular weight is 351 g/mol. The van der Waals surface area contributed by atoms with Gasteiger partial charge in [0.25, 0.3) is 0 Å². The highest BCUT2D eigenvalue weighted by molar-refractivity contribution is 9.10. The van der Waals surface area contributed by atoms with Crippen molar-refractivity contribution in [3.8, 4) is 22.5 Å². The van der Waals surface area contributed by atoms with Gasteiger partial charge in [-0.1, -0.05) is 23.4 Å².